The SMILES string of the molecule is CCCCCCCC(=O)NCc1cccc(-c2ncc(-c3cccc(OC)c3)[nH]2)c1. The van der Waals surface area contributed by atoms with Gasteiger partial charge in [-0.1, -0.05) is 62.9 Å². The molecule has 0 saturated heterocycles. The quantitative estimate of drug-likeness (QED) is 0.400. The van der Waals surface area contributed by atoms with E-state index in [1.54, 1.807) is 7.11 Å². The van der Waals surface area contributed by atoms with Crippen molar-refractivity contribution >= 4 is 5.91 Å². The lowest BCUT2D eigenvalue weighted by Gasteiger charge is -2.07. The van der Waals surface area contributed by atoms with Crippen molar-refractivity contribution in [1.29, 1.82) is 0 Å². The molecule has 0 radical (unpaired) electrons. The monoisotopic (exact) mass is 405 g/mol. The molecule has 1 aromatic heterocycles. The molecule has 0 aliphatic rings. The standard InChI is InChI=1S/C25H31N3O2/c1-3-4-5-6-7-14-24(29)26-17-19-10-8-12-21(15-19)25-27-18-23(28-25)20-11-9-13-22(16-20)30-2/h8-13,15-16,18H,3-7,14,17H2,1-2H3,(H,26,29)(H,27,28). The van der Waals surface area contributed by atoms with Gasteiger partial charge in [0.25, 0.3) is 0 Å². The highest BCUT2D eigenvalue weighted by atomic mass is 16.5. The number of imidazole rings is 1. The number of amides is 1. The maximum Gasteiger partial charge on any atom is 0.220 e. The molecule has 3 rings (SSSR count). The number of benzene rings is 2. The van der Waals surface area contributed by atoms with Gasteiger partial charge in [-0.3, -0.25) is 4.79 Å². The topological polar surface area (TPSA) is 67.0 Å². The van der Waals surface area contributed by atoms with Gasteiger partial charge < -0.3 is 15.0 Å². The number of H-pyrrole nitrogens is 1. The molecule has 0 bridgehead atoms. The lowest BCUT2D eigenvalue weighted by atomic mass is 10.1. The summed E-state index contributed by atoms with van der Waals surface area (Å²) >= 11 is 0. The highest BCUT2D eigenvalue weighted by Crippen LogP contribution is 2.25. The number of methoxy groups -OCH3 is 1. The Kier molecular flexibility index (Phi) is 8.07. The minimum atomic E-state index is 0.121. The van der Waals surface area contributed by atoms with Gasteiger partial charge >= 0.3 is 0 Å². The fourth-order valence-electron chi connectivity index (χ4n) is 3.41. The number of hydrogen-bond acceptors (Lipinski definition) is 3. The zero-order valence-electron chi connectivity index (χ0n) is 17.9. The van der Waals surface area contributed by atoms with Crippen LogP contribution in [-0.4, -0.2) is 23.0 Å². The van der Waals surface area contributed by atoms with E-state index >= 15 is 0 Å². The molecule has 0 atom stereocenters. The van der Waals surface area contributed by atoms with E-state index in [9.17, 15) is 4.79 Å². The van der Waals surface area contributed by atoms with Crippen LogP contribution in [-0.2, 0) is 11.3 Å². The molecular weight excluding hydrogens is 374 g/mol. The van der Waals surface area contributed by atoms with Crippen molar-refractivity contribution in [2.75, 3.05) is 7.11 Å². The Labute approximate surface area is 178 Å². The van der Waals surface area contributed by atoms with Gasteiger partial charge in [0.1, 0.15) is 11.6 Å². The minimum absolute atomic E-state index is 0.121. The molecule has 1 heterocycles. The first-order valence-electron chi connectivity index (χ1n) is 10.7. The van der Waals surface area contributed by atoms with E-state index < -0.39 is 0 Å². The van der Waals surface area contributed by atoms with Crippen LogP contribution in [0.25, 0.3) is 22.6 Å². The Balaban J connectivity index is 1.58. The summed E-state index contributed by atoms with van der Waals surface area (Å²) in [5, 5.41) is 3.03. The van der Waals surface area contributed by atoms with Gasteiger partial charge in [-0.15, -0.1) is 0 Å². The van der Waals surface area contributed by atoms with E-state index in [1.165, 1.54) is 19.3 Å². The second-order valence-electron chi connectivity index (χ2n) is 7.52. The van der Waals surface area contributed by atoms with Crippen LogP contribution in [0.2, 0.25) is 0 Å². The molecule has 0 aliphatic heterocycles. The van der Waals surface area contributed by atoms with Crippen LogP contribution in [0, 0.1) is 0 Å². The molecule has 1 amide bonds. The van der Waals surface area contributed by atoms with Crippen molar-refractivity contribution in [2.24, 2.45) is 0 Å². The van der Waals surface area contributed by atoms with Gasteiger partial charge in [-0.25, -0.2) is 4.98 Å². The summed E-state index contributed by atoms with van der Waals surface area (Å²) in [6.07, 6.45) is 8.21. The number of nitrogens with one attached hydrogen (secondary N) is 2. The zero-order chi connectivity index (χ0) is 21.2. The molecule has 0 aliphatic carbocycles. The van der Waals surface area contributed by atoms with E-state index in [1.807, 2.05) is 48.7 Å². The Morgan fingerprint density at radius 3 is 2.67 bits per heavy atom. The van der Waals surface area contributed by atoms with Crippen LogP contribution >= 0.6 is 0 Å². The second kappa shape index (κ2) is 11.2. The number of aromatic amines is 1. The molecule has 0 fully saturated rings. The van der Waals surface area contributed by atoms with Crippen molar-refractivity contribution in [3.63, 3.8) is 0 Å². The second-order valence-corrected chi connectivity index (χ2v) is 7.52. The Bertz CT molecular complexity index is 949. The van der Waals surface area contributed by atoms with Crippen molar-refractivity contribution in [2.45, 2.75) is 52.0 Å². The molecule has 30 heavy (non-hydrogen) atoms. The third-order valence-corrected chi connectivity index (χ3v) is 5.15. The first-order chi connectivity index (χ1) is 14.7. The van der Waals surface area contributed by atoms with Gasteiger partial charge in [0, 0.05) is 24.1 Å². The Morgan fingerprint density at radius 1 is 1.03 bits per heavy atom. The average molecular weight is 406 g/mol. The summed E-state index contributed by atoms with van der Waals surface area (Å²) in [4.78, 5) is 20.0. The fraction of sp³-hybridized carbons (Fsp3) is 0.360. The molecule has 2 N–H and O–H groups in total. The lowest BCUT2D eigenvalue weighted by molar-refractivity contribution is -0.121. The zero-order valence-corrected chi connectivity index (χ0v) is 17.9. The number of carbonyl (C=O) groups is 1. The lowest BCUT2D eigenvalue weighted by Crippen LogP contribution is -2.22. The Hall–Kier alpha value is -3.08. The van der Waals surface area contributed by atoms with E-state index in [2.05, 4.69) is 28.3 Å². The highest BCUT2D eigenvalue weighted by Gasteiger charge is 2.08. The van der Waals surface area contributed by atoms with E-state index in [0.717, 1.165) is 46.8 Å². The molecule has 5 heteroatoms. The summed E-state index contributed by atoms with van der Waals surface area (Å²) < 4.78 is 5.30. The maximum absolute atomic E-state index is 12.1. The van der Waals surface area contributed by atoms with Gasteiger partial charge in [-0.2, -0.15) is 0 Å². The van der Waals surface area contributed by atoms with Crippen LogP contribution in [0.4, 0.5) is 0 Å². The van der Waals surface area contributed by atoms with Crippen molar-refractivity contribution < 1.29 is 9.53 Å². The van der Waals surface area contributed by atoms with Crippen LogP contribution in [0.1, 0.15) is 51.0 Å². The fourth-order valence-corrected chi connectivity index (χ4v) is 3.41. The van der Waals surface area contributed by atoms with Gasteiger partial charge in [-0.05, 0) is 30.2 Å². The van der Waals surface area contributed by atoms with Gasteiger partial charge in [0.15, 0.2) is 0 Å². The van der Waals surface area contributed by atoms with Crippen LogP contribution in [0.5, 0.6) is 5.75 Å². The predicted molar refractivity (Wildman–Crippen MR) is 121 cm³/mol. The summed E-state index contributed by atoms with van der Waals surface area (Å²) in [5.41, 5.74) is 4.02. The van der Waals surface area contributed by atoms with E-state index in [-0.39, 0.29) is 5.91 Å². The smallest absolute Gasteiger partial charge is 0.220 e. The summed E-state index contributed by atoms with van der Waals surface area (Å²) in [6, 6.07) is 16.0. The molecule has 5 nitrogen and oxygen atoms in total. The number of aromatic nitrogens is 2. The molecule has 0 unspecified atom stereocenters. The molecular formula is C25H31N3O2. The van der Waals surface area contributed by atoms with Crippen molar-refractivity contribution in [1.82, 2.24) is 15.3 Å². The van der Waals surface area contributed by atoms with E-state index in [0.29, 0.717) is 13.0 Å². The number of nitrogens with zero attached hydrogens (tertiary/aromatic N) is 1. The largest absolute Gasteiger partial charge is 0.497 e. The number of rotatable bonds is 11. The summed E-state index contributed by atoms with van der Waals surface area (Å²) in [6.45, 7) is 2.73. The van der Waals surface area contributed by atoms with Crippen molar-refractivity contribution in [3.8, 4) is 28.4 Å². The third kappa shape index (κ3) is 6.21. The number of carbonyl (C=O) groups excluding carboxylic acids is 1. The summed E-state index contributed by atoms with van der Waals surface area (Å²) in [7, 11) is 1.66. The number of unbranched alkanes of at least 4 members (excludes halogenated alkanes) is 4. The summed E-state index contributed by atoms with van der Waals surface area (Å²) in [5.74, 6) is 1.74. The van der Waals surface area contributed by atoms with Gasteiger partial charge in [0.05, 0.1) is 19.0 Å². The van der Waals surface area contributed by atoms with Crippen LogP contribution < -0.4 is 10.1 Å². The van der Waals surface area contributed by atoms with Crippen LogP contribution in [0.15, 0.2) is 54.7 Å². The Morgan fingerprint density at radius 2 is 1.83 bits per heavy atom. The molecule has 0 spiro atoms. The first kappa shape index (κ1) is 21.6. The molecule has 3 aromatic rings. The van der Waals surface area contributed by atoms with Crippen LogP contribution in [0.3, 0.4) is 0 Å². The first-order valence-corrected chi connectivity index (χ1v) is 10.7. The predicted octanol–water partition coefficient (Wildman–Crippen LogP) is 5.73. The maximum atomic E-state index is 12.1. The molecule has 2 aromatic carbocycles. The number of hydrogen-bond donors (Lipinski definition) is 2. The number of ether oxygens (including phenoxy) is 1. The molecule has 0 saturated carbocycles. The third-order valence-electron chi connectivity index (χ3n) is 5.15. The van der Waals surface area contributed by atoms with E-state index in [4.69, 9.17) is 4.74 Å². The average Bonchev–Trinajstić information content (AvgIpc) is 3.28. The minimum Gasteiger partial charge on any atom is -0.497 e. The van der Waals surface area contributed by atoms with Crippen molar-refractivity contribution in [3.05, 3.63) is 60.3 Å². The normalized spacial score (nSPS) is 10.7. The highest BCUT2D eigenvalue weighted by molar-refractivity contribution is 5.75. The van der Waals surface area contributed by atoms with Gasteiger partial charge in [0.2, 0.25) is 5.91 Å². The molecule has 158 valence electrons.